The van der Waals surface area contributed by atoms with Gasteiger partial charge in [-0.25, -0.2) is 0 Å². The molecule has 0 fully saturated rings. The molecule has 0 aliphatic rings. The second-order valence-corrected chi connectivity index (χ2v) is 2.46. The zero-order valence-electron chi connectivity index (χ0n) is 7.08. The minimum Gasteiger partial charge on any atom is -0.449 e. The van der Waals surface area contributed by atoms with Crippen LogP contribution in [-0.2, 0) is 6.54 Å². The highest BCUT2D eigenvalue weighted by Crippen LogP contribution is 2.05. The molecule has 1 N–H and O–H groups in total. The van der Waals surface area contributed by atoms with E-state index in [-0.39, 0.29) is 0 Å². The van der Waals surface area contributed by atoms with Crippen molar-refractivity contribution >= 4 is 0 Å². The van der Waals surface area contributed by atoms with E-state index in [0.29, 0.717) is 25.3 Å². The number of nitriles is 2. The van der Waals surface area contributed by atoms with E-state index in [2.05, 4.69) is 5.32 Å². The number of rotatable bonds is 4. The highest BCUT2D eigenvalue weighted by molar-refractivity contribution is 5.18. The third-order valence-electron chi connectivity index (χ3n) is 1.48. The van der Waals surface area contributed by atoms with Crippen LogP contribution in [0.1, 0.15) is 17.9 Å². The Morgan fingerprint density at radius 1 is 1.38 bits per heavy atom. The van der Waals surface area contributed by atoms with Crippen molar-refractivity contribution in [1.82, 2.24) is 5.32 Å². The Bertz CT molecular complexity index is 342. The largest absolute Gasteiger partial charge is 0.449 e. The van der Waals surface area contributed by atoms with Gasteiger partial charge in [-0.2, -0.15) is 10.5 Å². The van der Waals surface area contributed by atoms with Gasteiger partial charge in [-0.1, -0.05) is 0 Å². The SMILES string of the molecule is N#CCCNCc1ccc(C#N)o1. The minimum atomic E-state index is 0.317. The summed E-state index contributed by atoms with van der Waals surface area (Å²) in [5.41, 5.74) is 0. The van der Waals surface area contributed by atoms with Gasteiger partial charge < -0.3 is 9.73 Å². The summed E-state index contributed by atoms with van der Waals surface area (Å²) in [6.07, 6.45) is 0.478. The molecule has 0 unspecified atom stereocenters. The van der Waals surface area contributed by atoms with E-state index >= 15 is 0 Å². The molecule has 13 heavy (non-hydrogen) atoms. The topological polar surface area (TPSA) is 72.8 Å². The van der Waals surface area contributed by atoms with Gasteiger partial charge in [-0.15, -0.1) is 0 Å². The Morgan fingerprint density at radius 2 is 2.23 bits per heavy atom. The van der Waals surface area contributed by atoms with Crippen LogP contribution in [0.15, 0.2) is 16.5 Å². The summed E-state index contributed by atoms with van der Waals surface area (Å²) in [5.74, 6) is 1.03. The molecule has 0 saturated carbocycles. The number of hydrogen-bond donors (Lipinski definition) is 1. The molecule has 0 bridgehead atoms. The molecule has 4 heteroatoms. The maximum Gasteiger partial charge on any atom is 0.203 e. The zero-order valence-corrected chi connectivity index (χ0v) is 7.08. The molecule has 1 heterocycles. The lowest BCUT2D eigenvalue weighted by Crippen LogP contribution is -2.13. The predicted molar refractivity (Wildman–Crippen MR) is 45.4 cm³/mol. The van der Waals surface area contributed by atoms with E-state index in [4.69, 9.17) is 14.9 Å². The molecule has 0 radical (unpaired) electrons. The van der Waals surface area contributed by atoms with Crippen molar-refractivity contribution in [2.45, 2.75) is 13.0 Å². The van der Waals surface area contributed by atoms with Crippen LogP contribution >= 0.6 is 0 Å². The van der Waals surface area contributed by atoms with Crippen LogP contribution in [0.5, 0.6) is 0 Å². The van der Waals surface area contributed by atoms with Gasteiger partial charge in [0.1, 0.15) is 11.8 Å². The first-order chi connectivity index (χ1) is 6.36. The highest BCUT2D eigenvalue weighted by Gasteiger charge is 1.99. The summed E-state index contributed by atoms with van der Waals surface area (Å²) < 4.78 is 5.11. The first-order valence-electron chi connectivity index (χ1n) is 3.93. The third kappa shape index (κ3) is 2.98. The lowest BCUT2D eigenvalue weighted by atomic mass is 10.4. The first-order valence-corrected chi connectivity index (χ1v) is 3.93. The van der Waals surface area contributed by atoms with E-state index in [0.717, 1.165) is 5.76 Å². The van der Waals surface area contributed by atoms with Crippen molar-refractivity contribution in [3.05, 3.63) is 23.7 Å². The van der Waals surface area contributed by atoms with E-state index < -0.39 is 0 Å². The van der Waals surface area contributed by atoms with Gasteiger partial charge in [0, 0.05) is 13.0 Å². The van der Waals surface area contributed by atoms with Gasteiger partial charge in [-0.05, 0) is 12.1 Å². The Morgan fingerprint density at radius 3 is 2.85 bits per heavy atom. The smallest absolute Gasteiger partial charge is 0.203 e. The Hall–Kier alpha value is -1.78. The van der Waals surface area contributed by atoms with Crippen molar-refractivity contribution in [3.63, 3.8) is 0 Å². The maximum absolute atomic E-state index is 8.45. The average molecular weight is 175 g/mol. The zero-order chi connectivity index (χ0) is 9.52. The van der Waals surface area contributed by atoms with Crippen LogP contribution in [0.4, 0.5) is 0 Å². The van der Waals surface area contributed by atoms with Crippen molar-refractivity contribution in [3.8, 4) is 12.1 Å². The monoisotopic (exact) mass is 175 g/mol. The second kappa shape index (κ2) is 4.97. The van der Waals surface area contributed by atoms with Gasteiger partial charge in [0.2, 0.25) is 5.76 Å². The van der Waals surface area contributed by atoms with Crippen LogP contribution in [-0.4, -0.2) is 6.54 Å². The molecular formula is C9H9N3O. The Labute approximate surface area is 76.4 Å². The van der Waals surface area contributed by atoms with Crippen molar-refractivity contribution < 1.29 is 4.42 Å². The molecule has 0 spiro atoms. The van der Waals surface area contributed by atoms with Crippen LogP contribution in [0.25, 0.3) is 0 Å². The molecule has 0 amide bonds. The van der Waals surface area contributed by atoms with Crippen molar-refractivity contribution in [2.75, 3.05) is 6.54 Å². The van der Waals surface area contributed by atoms with Gasteiger partial charge in [0.15, 0.2) is 0 Å². The molecule has 4 nitrogen and oxygen atoms in total. The fourth-order valence-corrected chi connectivity index (χ4v) is 0.889. The number of furan rings is 1. The first kappa shape index (κ1) is 9.31. The molecule has 0 saturated heterocycles. The summed E-state index contributed by atoms with van der Waals surface area (Å²) in [5, 5.41) is 19.7. The van der Waals surface area contributed by atoms with Gasteiger partial charge in [-0.3, -0.25) is 0 Å². The lowest BCUT2D eigenvalue weighted by Gasteiger charge is -1.96. The molecule has 0 aromatic carbocycles. The Balaban J connectivity index is 2.30. The van der Waals surface area contributed by atoms with Crippen LogP contribution in [0, 0.1) is 22.7 Å². The summed E-state index contributed by atoms with van der Waals surface area (Å²) in [7, 11) is 0. The standard InChI is InChI=1S/C9H9N3O/c10-4-1-5-12-7-9-3-2-8(6-11)13-9/h2-3,12H,1,5,7H2. The number of hydrogen-bond acceptors (Lipinski definition) is 4. The minimum absolute atomic E-state index is 0.317. The van der Waals surface area contributed by atoms with Crippen LogP contribution in [0.3, 0.4) is 0 Å². The quantitative estimate of drug-likeness (QED) is 0.697. The molecule has 0 aliphatic heterocycles. The average Bonchev–Trinajstić information content (AvgIpc) is 2.60. The van der Waals surface area contributed by atoms with Gasteiger partial charge in [0.25, 0.3) is 0 Å². The van der Waals surface area contributed by atoms with Gasteiger partial charge >= 0.3 is 0 Å². The van der Waals surface area contributed by atoms with Crippen LogP contribution in [0.2, 0.25) is 0 Å². The van der Waals surface area contributed by atoms with Gasteiger partial charge in [0.05, 0.1) is 12.6 Å². The molecule has 1 rings (SSSR count). The molecule has 1 aromatic rings. The molecule has 0 atom stereocenters. The van der Waals surface area contributed by atoms with E-state index in [9.17, 15) is 0 Å². The number of nitrogens with one attached hydrogen (secondary N) is 1. The van der Waals surface area contributed by atoms with Crippen molar-refractivity contribution in [1.29, 1.82) is 10.5 Å². The fourth-order valence-electron chi connectivity index (χ4n) is 0.889. The second-order valence-electron chi connectivity index (χ2n) is 2.46. The van der Waals surface area contributed by atoms with E-state index in [1.165, 1.54) is 0 Å². The Kier molecular flexibility index (Phi) is 3.56. The predicted octanol–water partition coefficient (Wildman–Crippen LogP) is 1.15. The van der Waals surface area contributed by atoms with Crippen LogP contribution < -0.4 is 5.32 Å². The molecular weight excluding hydrogens is 166 g/mol. The molecule has 0 aliphatic carbocycles. The molecule has 66 valence electrons. The van der Waals surface area contributed by atoms with E-state index in [1.807, 2.05) is 12.1 Å². The van der Waals surface area contributed by atoms with E-state index in [1.54, 1.807) is 12.1 Å². The highest BCUT2D eigenvalue weighted by atomic mass is 16.3. The summed E-state index contributed by atoms with van der Waals surface area (Å²) in [4.78, 5) is 0. The lowest BCUT2D eigenvalue weighted by molar-refractivity contribution is 0.476. The summed E-state index contributed by atoms with van der Waals surface area (Å²) in [6, 6.07) is 7.30. The van der Waals surface area contributed by atoms with Crippen molar-refractivity contribution in [2.24, 2.45) is 0 Å². The molecule has 1 aromatic heterocycles. The third-order valence-corrected chi connectivity index (χ3v) is 1.48. The maximum atomic E-state index is 8.45. The summed E-state index contributed by atoms with van der Waals surface area (Å²) in [6.45, 7) is 1.20. The summed E-state index contributed by atoms with van der Waals surface area (Å²) >= 11 is 0. The fraction of sp³-hybridized carbons (Fsp3) is 0.333. The normalized spacial score (nSPS) is 9.08. The number of nitrogens with zero attached hydrogens (tertiary/aromatic N) is 2.